The van der Waals surface area contributed by atoms with E-state index >= 15 is 0 Å². The van der Waals surface area contributed by atoms with Crippen LogP contribution in [0.25, 0.3) is 0 Å². The van der Waals surface area contributed by atoms with Crippen molar-refractivity contribution in [1.82, 2.24) is 20.5 Å². The van der Waals surface area contributed by atoms with E-state index in [0.29, 0.717) is 19.0 Å². The number of alkyl halides is 3. The molecule has 170 valence electrons. The number of nitrogens with one attached hydrogen (secondary N) is 2. The summed E-state index contributed by atoms with van der Waals surface area (Å²) >= 11 is 0. The molecule has 4 N–H and O–H groups in total. The quantitative estimate of drug-likeness (QED) is 0.199. The van der Waals surface area contributed by atoms with E-state index in [1.54, 1.807) is 0 Å². The highest BCUT2D eigenvalue weighted by Gasteiger charge is 2.30. The maximum absolute atomic E-state index is 12.5. The molecule has 0 bridgehead atoms. The van der Waals surface area contributed by atoms with E-state index in [0.717, 1.165) is 38.2 Å². The molecule has 1 aromatic rings. The number of halogens is 4. The maximum atomic E-state index is 12.5. The molecular formula is C18H28F3IN6O2. The van der Waals surface area contributed by atoms with Crippen LogP contribution >= 0.6 is 24.0 Å². The molecule has 1 amide bonds. The molecule has 0 aromatic carbocycles. The second-order valence-electron chi connectivity index (χ2n) is 6.65. The van der Waals surface area contributed by atoms with Gasteiger partial charge in [0.15, 0.2) is 5.96 Å². The summed E-state index contributed by atoms with van der Waals surface area (Å²) in [5.74, 6) is 0.437. The lowest BCUT2D eigenvalue weighted by Crippen LogP contribution is -2.49. The van der Waals surface area contributed by atoms with Gasteiger partial charge in [0.05, 0.1) is 18.7 Å². The molecule has 1 fully saturated rings. The van der Waals surface area contributed by atoms with Crippen molar-refractivity contribution >= 4 is 35.8 Å². The lowest BCUT2D eigenvalue weighted by atomic mass is 10.1. The highest BCUT2D eigenvalue weighted by atomic mass is 127. The molecule has 12 heteroatoms. The number of rotatable bonds is 8. The largest absolute Gasteiger partial charge is 0.476 e. The normalized spacial score (nSPS) is 15.9. The lowest BCUT2D eigenvalue weighted by Gasteiger charge is -2.32. The van der Waals surface area contributed by atoms with Gasteiger partial charge < -0.3 is 21.1 Å². The molecule has 0 saturated carbocycles. The fraction of sp³-hybridized carbons (Fsp3) is 0.611. The highest BCUT2D eigenvalue weighted by Crippen LogP contribution is 2.29. The van der Waals surface area contributed by atoms with Crippen molar-refractivity contribution in [2.45, 2.75) is 32.0 Å². The molecule has 30 heavy (non-hydrogen) atoms. The average Bonchev–Trinajstić information content (AvgIpc) is 2.66. The molecule has 0 unspecified atom stereocenters. The smallest absolute Gasteiger partial charge is 0.417 e. The van der Waals surface area contributed by atoms with Crippen LogP contribution in [0.15, 0.2) is 23.3 Å². The minimum Gasteiger partial charge on any atom is -0.476 e. The van der Waals surface area contributed by atoms with Gasteiger partial charge in [0.25, 0.3) is 0 Å². The van der Waals surface area contributed by atoms with Crippen LogP contribution < -0.4 is 21.1 Å². The van der Waals surface area contributed by atoms with Crippen LogP contribution in [-0.2, 0) is 11.0 Å². The van der Waals surface area contributed by atoms with Gasteiger partial charge in [-0.05, 0) is 25.8 Å². The van der Waals surface area contributed by atoms with Crippen molar-refractivity contribution in [1.29, 1.82) is 0 Å². The van der Waals surface area contributed by atoms with Crippen LogP contribution in [0.4, 0.5) is 13.2 Å². The molecule has 0 aliphatic carbocycles. The Hall–Kier alpha value is -1.83. The summed E-state index contributed by atoms with van der Waals surface area (Å²) in [5.41, 5.74) is 4.41. The van der Waals surface area contributed by atoms with Gasteiger partial charge in [0, 0.05) is 37.9 Å². The summed E-state index contributed by atoms with van der Waals surface area (Å²) in [5, 5.41) is 6.50. The molecule has 2 heterocycles. The van der Waals surface area contributed by atoms with Crippen molar-refractivity contribution in [3.63, 3.8) is 0 Å². The minimum atomic E-state index is -4.42. The number of carbonyl (C=O) groups is 1. The first-order valence-corrected chi connectivity index (χ1v) is 9.49. The first-order chi connectivity index (χ1) is 13.8. The third kappa shape index (κ3) is 9.32. The van der Waals surface area contributed by atoms with Crippen molar-refractivity contribution in [3.05, 3.63) is 23.9 Å². The Morgan fingerprint density at radius 2 is 2.07 bits per heavy atom. The van der Waals surface area contributed by atoms with Gasteiger partial charge in [-0.2, -0.15) is 13.2 Å². The van der Waals surface area contributed by atoms with E-state index in [1.807, 2.05) is 11.8 Å². The number of aliphatic imine (C=N–C) groups is 1. The topological polar surface area (TPSA) is 105 Å². The zero-order valence-electron chi connectivity index (χ0n) is 16.7. The molecular weight excluding hydrogens is 516 g/mol. The van der Waals surface area contributed by atoms with E-state index in [9.17, 15) is 18.0 Å². The third-order valence-electron chi connectivity index (χ3n) is 4.33. The van der Waals surface area contributed by atoms with Gasteiger partial charge in [-0.25, -0.2) is 9.98 Å². The fourth-order valence-corrected chi connectivity index (χ4v) is 2.91. The fourth-order valence-electron chi connectivity index (χ4n) is 2.91. The zero-order chi connectivity index (χ0) is 21.3. The molecule has 8 nitrogen and oxygen atoms in total. The number of hydrogen-bond donors (Lipinski definition) is 3. The Bertz CT molecular complexity index is 679. The average molecular weight is 544 g/mol. The van der Waals surface area contributed by atoms with Crippen LogP contribution in [0, 0.1) is 0 Å². The number of hydrogen-bond acceptors (Lipinski definition) is 5. The van der Waals surface area contributed by atoms with Crippen LogP contribution in [0.1, 0.15) is 25.3 Å². The Morgan fingerprint density at radius 1 is 1.37 bits per heavy atom. The van der Waals surface area contributed by atoms with E-state index in [1.165, 1.54) is 6.07 Å². The SMILES string of the molecule is CCNC(=NCCOc1ccc(C(F)(F)F)cn1)NC1CCN(CC(N)=O)CC1.I. The van der Waals surface area contributed by atoms with E-state index in [2.05, 4.69) is 20.6 Å². The van der Waals surface area contributed by atoms with Crippen molar-refractivity contribution in [3.8, 4) is 5.88 Å². The standard InChI is InChI=1S/C18H27F3N6O2.HI/c1-2-23-17(26-14-5-8-27(9-6-14)12-15(22)28)24-7-10-29-16-4-3-13(11-25-16)18(19,20)21;/h3-4,11,14H,2,5-10,12H2,1H3,(H2,22,28)(H2,23,24,26);1H. The molecule has 1 aromatic heterocycles. The van der Waals surface area contributed by atoms with Gasteiger partial charge in [-0.1, -0.05) is 0 Å². The van der Waals surface area contributed by atoms with Gasteiger partial charge in [-0.15, -0.1) is 24.0 Å². The van der Waals surface area contributed by atoms with Crippen LogP contribution in [-0.4, -0.2) is 67.1 Å². The number of primary amides is 1. The molecule has 1 aliphatic heterocycles. The summed E-state index contributed by atoms with van der Waals surface area (Å²) in [6.45, 7) is 4.98. The number of guanidine groups is 1. The van der Waals surface area contributed by atoms with Gasteiger partial charge in [0.2, 0.25) is 11.8 Å². The van der Waals surface area contributed by atoms with E-state index in [-0.39, 0.29) is 55.0 Å². The van der Waals surface area contributed by atoms with Crippen molar-refractivity contribution < 1.29 is 22.7 Å². The second kappa shape index (κ2) is 12.8. The number of carbonyl (C=O) groups excluding carboxylic acids is 1. The summed E-state index contributed by atoms with van der Waals surface area (Å²) in [6, 6.07) is 2.35. The number of pyridine rings is 1. The van der Waals surface area contributed by atoms with Crippen LogP contribution in [0.3, 0.4) is 0 Å². The molecule has 0 atom stereocenters. The predicted octanol–water partition coefficient (Wildman–Crippen LogP) is 1.60. The van der Waals surface area contributed by atoms with E-state index < -0.39 is 11.7 Å². The van der Waals surface area contributed by atoms with Gasteiger partial charge in [0.1, 0.15) is 6.61 Å². The Morgan fingerprint density at radius 3 is 2.60 bits per heavy atom. The lowest BCUT2D eigenvalue weighted by molar-refractivity contribution is -0.137. The number of piperidine rings is 1. The van der Waals surface area contributed by atoms with Gasteiger partial charge >= 0.3 is 6.18 Å². The highest BCUT2D eigenvalue weighted by molar-refractivity contribution is 14.0. The second-order valence-corrected chi connectivity index (χ2v) is 6.65. The Kier molecular flexibility index (Phi) is 11.2. The summed E-state index contributed by atoms with van der Waals surface area (Å²) in [7, 11) is 0. The Labute approximate surface area is 190 Å². The molecule has 1 saturated heterocycles. The summed E-state index contributed by atoms with van der Waals surface area (Å²) in [6.07, 6.45) is -1.94. The number of nitrogens with two attached hydrogens (primary N) is 1. The van der Waals surface area contributed by atoms with E-state index in [4.69, 9.17) is 10.5 Å². The third-order valence-corrected chi connectivity index (χ3v) is 4.33. The first kappa shape index (κ1) is 26.2. The summed E-state index contributed by atoms with van der Waals surface area (Å²) < 4.78 is 42.9. The van der Waals surface area contributed by atoms with Crippen molar-refractivity contribution in [2.75, 3.05) is 39.3 Å². The summed E-state index contributed by atoms with van der Waals surface area (Å²) in [4.78, 5) is 21.1. The molecule has 0 spiro atoms. The monoisotopic (exact) mass is 544 g/mol. The number of nitrogens with zero attached hydrogens (tertiary/aromatic N) is 3. The van der Waals surface area contributed by atoms with Gasteiger partial charge in [-0.3, -0.25) is 9.69 Å². The Balaban J connectivity index is 0.00000450. The maximum Gasteiger partial charge on any atom is 0.417 e. The van der Waals surface area contributed by atoms with Crippen molar-refractivity contribution in [2.24, 2.45) is 10.7 Å². The minimum absolute atomic E-state index is 0. The first-order valence-electron chi connectivity index (χ1n) is 9.49. The number of amides is 1. The predicted molar refractivity (Wildman–Crippen MR) is 118 cm³/mol. The van der Waals surface area contributed by atoms with Crippen LogP contribution in [0.5, 0.6) is 5.88 Å². The number of aromatic nitrogens is 1. The molecule has 1 aliphatic rings. The number of likely N-dealkylation sites (tertiary alicyclic amines) is 1. The van der Waals surface area contributed by atoms with Crippen LogP contribution in [0.2, 0.25) is 0 Å². The molecule has 2 rings (SSSR count). The number of ether oxygens (including phenoxy) is 1. The zero-order valence-corrected chi connectivity index (χ0v) is 19.1. The molecule has 0 radical (unpaired) electrons.